The van der Waals surface area contributed by atoms with Crippen LogP contribution in [0.2, 0.25) is 0 Å². The van der Waals surface area contributed by atoms with Gasteiger partial charge in [0.1, 0.15) is 5.82 Å². The van der Waals surface area contributed by atoms with Crippen LogP contribution in [0.5, 0.6) is 0 Å². The zero-order valence-corrected chi connectivity index (χ0v) is 10.2. The Labute approximate surface area is 104 Å². The summed E-state index contributed by atoms with van der Waals surface area (Å²) in [5, 5.41) is 5.18. The average molecular weight is 243 g/mol. The largest absolute Gasteiger partial charge is 0.343 e. The number of nitrogens with zero attached hydrogens (tertiary/aromatic N) is 3. The monoisotopic (exact) mass is 243 g/mol. The highest BCUT2D eigenvalue weighted by Gasteiger charge is 2.04. The van der Waals surface area contributed by atoms with Crippen molar-refractivity contribution in [3.63, 3.8) is 0 Å². The molecule has 2 aromatic heterocycles. The normalized spacial score (nSPS) is 11.2. The van der Waals surface area contributed by atoms with Crippen molar-refractivity contribution in [2.24, 2.45) is 0 Å². The van der Waals surface area contributed by atoms with E-state index >= 15 is 0 Å². The molecule has 0 fully saturated rings. The Bertz CT molecular complexity index is 681. The Kier molecular flexibility index (Phi) is 2.63. The molecule has 0 aliphatic carbocycles. The van der Waals surface area contributed by atoms with E-state index in [1.165, 1.54) is 6.07 Å². The van der Waals surface area contributed by atoms with Gasteiger partial charge in [0.25, 0.3) is 0 Å². The van der Waals surface area contributed by atoms with E-state index in [1.54, 1.807) is 6.07 Å². The fraction of sp³-hybridized carbons (Fsp3) is 0.214. The van der Waals surface area contributed by atoms with Crippen molar-refractivity contribution in [1.29, 1.82) is 0 Å². The van der Waals surface area contributed by atoms with Crippen LogP contribution in [0.4, 0.5) is 4.39 Å². The number of fused-ring (bicyclic) bond motifs is 1. The molecule has 4 heteroatoms. The summed E-state index contributed by atoms with van der Waals surface area (Å²) in [6, 6.07) is 6.80. The first-order valence-electron chi connectivity index (χ1n) is 6.02. The van der Waals surface area contributed by atoms with Crippen molar-refractivity contribution in [1.82, 2.24) is 14.3 Å². The molecule has 0 radical (unpaired) electrons. The summed E-state index contributed by atoms with van der Waals surface area (Å²) >= 11 is 0. The Morgan fingerprint density at radius 1 is 1.28 bits per heavy atom. The van der Waals surface area contributed by atoms with Crippen molar-refractivity contribution >= 4 is 10.9 Å². The van der Waals surface area contributed by atoms with E-state index in [-0.39, 0.29) is 5.82 Å². The van der Waals surface area contributed by atoms with Gasteiger partial charge < -0.3 is 4.57 Å². The standard InChI is InChI=1S/C14H14FN3/c1-2-18-10-11(8-16-18)9-17-6-5-12-7-13(15)3-4-14(12)17/h3-8,10H,2,9H2,1H3. The van der Waals surface area contributed by atoms with Crippen LogP contribution in [0.1, 0.15) is 12.5 Å². The fourth-order valence-corrected chi connectivity index (χ4v) is 2.17. The number of hydrogen-bond donors (Lipinski definition) is 0. The summed E-state index contributed by atoms with van der Waals surface area (Å²) in [5.74, 6) is -0.195. The van der Waals surface area contributed by atoms with E-state index in [0.717, 1.165) is 29.6 Å². The minimum Gasteiger partial charge on any atom is -0.343 e. The molecule has 0 saturated heterocycles. The SMILES string of the molecule is CCn1cc(Cn2ccc3cc(F)ccc32)cn1. The maximum Gasteiger partial charge on any atom is 0.123 e. The fourth-order valence-electron chi connectivity index (χ4n) is 2.17. The maximum absolute atomic E-state index is 13.1. The van der Waals surface area contributed by atoms with Crippen LogP contribution in [-0.4, -0.2) is 14.3 Å². The number of rotatable bonds is 3. The Morgan fingerprint density at radius 3 is 2.94 bits per heavy atom. The number of aryl methyl sites for hydroxylation is 1. The predicted molar refractivity (Wildman–Crippen MR) is 68.9 cm³/mol. The van der Waals surface area contributed by atoms with E-state index in [0.29, 0.717) is 0 Å². The Hall–Kier alpha value is -2.10. The number of hydrogen-bond acceptors (Lipinski definition) is 1. The van der Waals surface area contributed by atoms with Crippen LogP contribution in [0.15, 0.2) is 42.9 Å². The average Bonchev–Trinajstić information content (AvgIpc) is 2.97. The third-order valence-electron chi connectivity index (χ3n) is 3.10. The van der Waals surface area contributed by atoms with Gasteiger partial charge in [-0.2, -0.15) is 5.10 Å². The van der Waals surface area contributed by atoms with E-state index in [1.807, 2.05) is 35.4 Å². The maximum atomic E-state index is 13.1. The molecule has 0 aliphatic rings. The molecule has 2 heterocycles. The third kappa shape index (κ3) is 1.90. The first-order valence-corrected chi connectivity index (χ1v) is 6.02. The van der Waals surface area contributed by atoms with Crippen LogP contribution in [-0.2, 0) is 13.1 Å². The van der Waals surface area contributed by atoms with Crippen LogP contribution >= 0.6 is 0 Å². The van der Waals surface area contributed by atoms with Gasteiger partial charge in [-0.05, 0) is 31.2 Å². The molecule has 0 atom stereocenters. The van der Waals surface area contributed by atoms with Gasteiger partial charge in [0.2, 0.25) is 0 Å². The molecule has 0 amide bonds. The minimum atomic E-state index is -0.195. The Balaban J connectivity index is 1.95. The smallest absolute Gasteiger partial charge is 0.123 e. The van der Waals surface area contributed by atoms with Gasteiger partial charge in [-0.3, -0.25) is 4.68 Å². The van der Waals surface area contributed by atoms with Gasteiger partial charge in [-0.25, -0.2) is 4.39 Å². The molecule has 3 aromatic rings. The van der Waals surface area contributed by atoms with Gasteiger partial charge in [0.05, 0.1) is 12.7 Å². The number of aromatic nitrogens is 3. The van der Waals surface area contributed by atoms with Gasteiger partial charge >= 0.3 is 0 Å². The summed E-state index contributed by atoms with van der Waals surface area (Å²) in [6.45, 7) is 3.69. The molecule has 1 aromatic carbocycles. The molecule has 0 bridgehead atoms. The number of halogens is 1. The summed E-state index contributed by atoms with van der Waals surface area (Å²) in [4.78, 5) is 0. The van der Waals surface area contributed by atoms with Gasteiger partial charge in [-0.15, -0.1) is 0 Å². The van der Waals surface area contributed by atoms with Crippen molar-refractivity contribution in [3.05, 3.63) is 54.2 Å². The minimum absolute atomic E-state index is 0.195. The third-order valence-corrected chi connectivity index (χ3v) is 3.10. The lowest BCUT2D eigenvalue weighted by molar-refractivity contribution is 0.629. The molecule has 18 heavy (non-hydrogen) atoms. The van der Waals surface area contributed by atoms with E-state index < -0.39 is 0 Å². The molecular weight excluding hydrogens is 229 g/mol. The molecule has 3 nitrogen and oxygen atoms in total. The molecule has 0 unspecified atom stereocenters. The number of benzene rings is 1. The second kappa shape index (κ2) is 4.29. The summed E-state index contributed by atoms with van der Waals surface area (Å²) in [6.07, 6.45) is 5.89. The molecular formula is C14H14FN3. The van der Waals surface area contributed by atoms with E-state index in [9.17, 15) is 4.39 Å². The predicted octanol–water partition coefficient (Wildman–Crippen LogP) is 3.05. The van der Waals surface area contributed by atoms with Gasteiger partial charge in [-0.1, -0.05) is 0 Å². The molecule has 0 spiro atoms. The summed E-state index contributed by atoms with van der Waals surface area (Å²) < 4.78 is 17.1. The van der Waals surface area contributed by atoms with Crippen LogP contribution < -0.4 is 0 Å². The summed E-state index contributed by atoms with van der Waals surface area (Å²) in [7, 11) is 0. The molecule has 3 rings (SSSR count). The van der Waals surface area contributed by atoms with Crippen LogP contribution in [0.3, 0.4) is 0 Å². The quantitative estimate of drug-likeness (QED) is 0.693. The highest BCUT2D eigenvalue weighted by atomic mass is 19.1. The van der Waals surface area contributed by atoms with Gasteiger partial charge in [0, 0.05) is 35.4 Å². The van der Waals surface area contributed by atoms with Crippen molar-refractivity contribution in [2.45, 2.75) is 20.0 Å². The first-order chi connectivity index (χ1) is 8.76. The zero-order valence-electron chi connectivity index (χ0n) is 10.2. The first kappa shape index (κ1) is 11.0. The highest BCUT2D eigenvalue weighted by molar-refractivity contribution is 5.80. The molecule has 0 aliphatic heterocycles. The van der Waals surface area contributed by atoms with Crippen LogP contribution in [0.25, 0.3) is 10.9 Å². The van der Waals surface area contributed by atoms with E-state index in [2.05, 4.69) is 16.6 Å². The second-order valence-electron chi connectivity index (χ2n) is 4.35. The second-order valence-corrected chi connectivity index (χ2v) is 4.35. The molecule has 0 N–H and O–H groups in total. The van der Waals surface area contributed by atoms with Crippen molar-refractivity contribution in [2.75, 3.05) is 0 Å². The van der Waals surface area contributed by atoms with Crippen LogP contribution in [0, 0.1) is 5.82 Å². The lowest BCUT2D eigenvalue weighted by Crippen LogP contribution is -1.97. The topological polar surface area (TPSA) is 22.8 Å². The molecule has 0 saturated carbocycles. The highest BCUT2D eigenvalue weighted by Crippen LogP contribution is 2.18. The lowest BCUT2D eigenvalue weighted by atomic mass is 10.2. The summed E-state index contributed by atoms with van der Waals surface area (Å²) in [5.41, 5.74) is 2.19. The van der Waals surface area contributed by atoms with Gasteiger partial charge in [0.15, 0.2) is 0 Å². The zero-order chi connectivity index (χ0) is 12.5. The van der Waals surface area contributed by atoms with E-state index in [4.69, 9.17) is 0 Å². The Morgan fingerprint density at radius 2 is 2.17 bits per heavy atom. The lowest BCUT2D eigenvalue weighted by Gasteiger charge is -2.03. The van der Waals surface area contributed by atoms with Crippen molar-refractivity contribution in [3.8, 4) is 0 Å². The van der Waals surface area contributed by atoms with Crippen molar-refractivity contribution < 1.29 is 4.39 Å². The molecule has 92 valence electrons.